The third kappa shape index (κ3) is 2.27. The molecular weight excluding hydrogens is 222 g/mol. The Morgan fingerprint density at radius 1 is 1.65 bits per heavy atom. The van der Waals surface area contributed by atoms with Gasteiger partial charge in [-0.25, -0.2) is 14.8 Å². The Bertz CT molecular complexity index is 503. The van der Waals surface area contributed by atoms with E-state index >= 15 is 0 Å². The Balaban J connectivity index is 2.18. The molecule has 3 N–H and O–H groups in total. The average molecular weight is 235 g/mol. The van der Waals surface area contributed by atoms with Crippen molar-refractivity contribution in [2.45, 2.75) is 13.5 Å². The lowest BCUT2D eigenvalue weighted by atomic mass is 10.4. The predicted octanol–water partition coefficient (Wildman–Crippen LogP) is 0.413. The number of anilines is 1. The van der Waals surface area contributed by atoms with Gasteiger partial charge < -0.3 is 20.0 Å². The largest absolute Gasteiger partial charge is 0.461 e. The molecule has 2 heterocycles. The number of nitrogens with one attached hydrogen (secondary N) is 1. The fourth-order valence-electron chi connectivity index (χ4n) is 1.43. The van der Waals surface area contributed by atoms with Crippen LogP contribution in [0.1, 0.15) is 23.1 Å². The van der Waals surface area contributed by atoms with Crippen LogP contribution < -0.4 is 5.73 Å². The van der Waals surface area contributed by atoms with Crippen molar-refractivity contribution in [2.24, 2.45) is 0 Å². The van der Waals surface area contributed by atoms with Crippen LogP contribution in [0.5, 0.6) is 0 Å². The molecule has 7 heteroatoms. The van der Waals surface area contributed by atoms with E-state index in [1.807, 2.05) is 0 Å². The Hall–Kier alpha value is -2.31. The zero-order valence-electron chi connectivity index (χ0n) is 9.38. The van der Waals surface area contributed by atoms with E-state index in [0.29, 0.717) is 13.2 Å². The van der Waals surface area contributed by atoms with E-state index in [1.165, 1.54) is 6.33 Å². The number of nitrogens with two attached hydrogens (primary N) is 1. The van der Waals surface area contributed by atoms with Gasteiger partial charge in [-0.1, -0.05) is 0 Å². The minimum atomic E-state index is -0.506. The first-order valence-electron chi connectivity index (χ1n) is 5.17. The van der Waals surface area contributed by atoms with Crippen molar-refractivity contribution in [3.63, 3.8) is 0 Å². The SMILES string of the molecule is CCOC(=O)c1ncn(Cc2cnc[nH]2)c1N. The molecule has 0 aliphatic rings. The van der Waals surface area contributed by atoms with Crippen LogP contribution in [0.15, 0.2) is 18.9 Å². The van der Waals surface area contributed by atoms with Gasteiger partial charge in [-0.05, 0) is 6.92 Å². The second-order valence-corrected chi connectivity index (χ2v) is 3.40. The van der Waals surface area contributed by atoms with E-state index in [4.69, 9.17) is 10.5 Å². The van der Waals surface area contributed by atoms with Gasteiger partial charge in [0.15, 0.2) is 5.69 Å². The lowest BCUT2D eigenvalue weighted by Crippen LogP contribution is -2.10. The second-order valence-electron chi connectivity index (χ2n) is 3.40. The van der Waals surface area contributed by atoms with Gasteiger partial charge in [0.1, 0.15) is 5.82 Å². The van der Waals surface area contributed by atoms with Crippen molar-refractivity contribution in [3.05, 3.63) is 30.2 Å². The summed E-state index contributed by atoms with van der Waals surface area (Å²) in [6.45, 7) is 2.51. The number of hydrogen-bond donors (Lipinski definition) is 2. The minimum Gasteiger partial charge on any atom is -0.461 e. The molecule has 0 aromatic carbocycles. The molecule has 0 unspecified atom stereocenters. The molecule has 0 amide bonds. The van der Waals surface area contributed by atoms with Crippen molar-refractivity contribution in [1.82, 2.24) is 19.5 Å². The van der Waals surface area contributed by atoms with Crippen LogP contribution in [-0.2, 0) is 11.3 Å². The van der Waals surface area contributed by atoms with Gasteiger partial charge in [-0.15, -0.1) is 0 Å². The highest BCUT2D eigenvalue weighted by atomic mass is 16.5. The summed E-state index contributed by atoms with van der Waals surface area (Å²) in [4.78, 5) is 22.3. The number of H-pyrrole nitrogens is 1. The van der Waals surface area contributed by atoms with Crippen molar-refractivity contribution >= 4 is 11.8 Å². The number of rotatable bonds is 4. The average Bonchev–Trinajstić information content (AvgIpc) is 2.91. The maximum absolute atomic E-state index is 11.5. The van der Waals surface area contributed by atoms with E-state index in [1.54, 1.807) is 24.0 Å². The molecule has 0 radical (unpaired) electrons. The molecule has 2 aromatic heterocycles. The van der Waals surface area contributed by atoms with E-state index in [9.17, 15) is 4.79 Å². The molecule has 0 fully saturated rings. The van der Waals surface area contributed by atoms with Crippen molar-refractivity contribution in [3.8, 4) is 0 Å². The Labute approximate surface area is 97.6 Å². The number of nitrogen functional groups attached to an aromatic ring is 1. The maximum Gasteiger partial charge on any atom is 0.360 e. The number of aromatic amines is 1. The summed E-state index contributed by atoms with van der Waals surface area (Å²) in [5.41, 5.74) is 6.84. The normalized spacial score (nSPS) is 10.4. The van der Waals surface area contributed by atoms with E-state index in [-0.39, 0.29) is 11.5 Å². The third-order valence-corrected chi connectivity index (χ3v) is 2.24. The first-order valence-corrected chi connectivity index (χ1v) is 5.17. The molecule has 0 spiro atoms. The molecular formula is C10H13N5O2. The van der Waals surface area contributed by atoms with Crippen molar-refractivity contribution in [2.75, 3.05) is 12.3 Å². The number of ether oxygens (including phenoxy) is 1. The standard InChI is InChI=1S/C10H13N5O2/c1-2-17-10(16)8-9(11)15(6-14-8)4-7-3-12-5-13-7/h3,5-6H,2,4,11H2,1H3,(H,12,13). The van der Waals surface area contributed by atoms with Gasteiger partial charge >= 0.3 is 5.97 Å². The molecule has 2 rings (SSSR count). The summed E-state index contributed by atoms with van der Waals surface area (Å²) in [7, 11) is 0. The topological polar surface area (TPSA) is 98.8 Å². The number of aromatic nitrogens is 4. The molecule has 90 valence electrons. The zero-order valence-corrected chi connectivity index (χ0v) is 9.38. The first-order chi connectivity index (χ1) is 8.22. The van der Waals surface area contributed by atoms with Gasteiger partial charge in [0, 0.05) is 6.20 Å². The van der Waals surface area contributed by atoms with Gasteiger partial charge in [-0.2, -0.15) is 0 Å². The minimum absolute atomic E-state index is 0.145. The Kier molecular flexibility index (Phi) is 3.08. The highest BCUT2D eigenvalue weighted by Gasteiger charge is 2.16. The number of hydrogen-bond acceptors (Lipinski definition) is 5. The highest BCUT2D eigenvalue weighted by molar-refractivity contribution is 5.92. The van der Waals surface area contributed by atoms with Gasteiger partial charge in [-0.3, -0.25) is 0 Å². The van der Waals surface area contributed by atoms with Crippen molar-refractivity contribution in [1.29, 1.82) is 0 Å². The van der Waals surface area contributed by atoms with Crippen LogP contribution >= 0.6 is 0 Å². The Morgan fingerprint density at radius 3 is 3.12 bits per heavy atom. The molecule has 0 atom stereocenters. The maximum atomic E-state index is 11.5. The smallest absolute Gasteiger partial charge is 0.360 e. The van der Waals surface area contributed by atoms with Crippen LogP contribution in [0.25, 0.3) is 0 Å². The lowest BCUT2D eigenvalue weighted by molar-refractivity contribution is 0.0521. The fourth-order valence-corrected chi connectivity index (χ4v) is 1.43. The first kappa shape index (κ1) is 11.2. The number of nitrogens with zero attached hydrogens (tertiary/aromatic N) is 3. The molecule has 0 saturated carbocycles. The van der Waals surface area contributed by atoms with Crippen LogP contribution in [-0.4, -0.2) is 32.1 Å². The summed E-state index contributed by atoms with van der Waals surface area (Å²) in [6.07, 6.45) is 4.76. The van der Waals surface area contributed by atoms with E-state index in [2.05, 4.69) is 15.0 Å². The number of imidazole rings is 2. The summed E-state index contributed by atoms with van der Waals surface area (Å²) in [6, 6.07) is 0. The molecule has 7 nitrogen and oxygen atoms in total. The predicted molar refractivity (Wildman–Crippen MR) is 60.3 cm³/mol. The summed E-state index contributed by atoms with van der Waals surface area (Å²) < 4.78 is 6.49. The quantitative estimate of drug-likeness (QED) is 0.748. The monoisotopic (exact) mass is 235 g/mol. The summed E-state index contributed by atoms with van der Waals surface area (Å²) >= 11 is 0. The summed E-state index contributed by atoms with van der Waals surface area (Å²) in [5.74, 6) is -0.216. The van der Waals surface area contributed by atoms with Crippen molar-refractivity contribution < 1.29 is 9.53 Å². The number of carbonyl (C=O) groups excluding carboxylic acids is 1. The lowest BCUT2D eigenvalue weighted by Gasteiger charge is -2.03. The molecule has 2 aromatic rings. The zero-order chi connectivity index (χ0) is 12.3. The second kappa shape index (κ2) is 4.69. The van der Waals surface area contributed by atoms with Crippen LogP contribution in [0, 0.1) is 0 Å². The highest BCUT2D eigenvalue weighted by Crippen LogP contribution is 2.12. The van der Waals surface area contributed by atoms with E-state index in [0.717, 1.165) is 5.69 Å². The van der Waals surface area contributed by atoms with Crippen LogP contribution in [0.3, 0.4) is 0 Å². The van der Waals surface area contributed by atoms with Gasteiger partial charge in [0.2, 0.25) is 0 Å². The Morgan fingerprint density at radius 2 is 2.47 bits per heavy atom. The molecule has 0 bridgehead atoms. The third-order valence-electron chi connectivity index (χ3n) is 2.24. The molecule has 0 aliphatic heterocycles. The molecule has 0 aliphatic carbocycles. The summed E-state index contributed by atoms with van der Waals surface area (Å²) in [5, 5.41) is 0. The fraction of sp³-hybridized carbons (Fsp3) is 0.300. The van der Waals surface area contributed by atoms with Gasteiger partial charge in [0.25, 0.3) is 0 Å². The van der Waals surface area contributed by atoms with Crippen LogP contribution in [0.2, 0.25) is 0 Å². The molecule has 0 saturated heterocycles. The van der Waals surface area contributed by atoms with Crippen LogP contribution in [0.4, 0.5) is 5.82 Å². The van der Waals surface area contributed by atoms with Gasteiger partial charge in [0.05, 0.1) is 31.5 Å². The molecule has 17 heavy (non-hydrogen) atoms. The number of carbonyl (C=O) groups is 1. The number of esters is 1. The van der Waals surface area contributed by atoms with E-state index < -0.39 is 5.97 Å².